The van der Waals surface area contributed by atoms with Gasteiger partial charge in [0.05, 0.1) is 0 Å². The van der Waals surface area contributed by atoms with Crippen LogP contribution >= 0.6 is 7.82 Å². The molecule has 0 fully saturated rings. The molecule has 8 heteroatoms. The van der Waals surface area contributed by atoms with E-state index in [-0.39, 0.29) is 0 Å². The Kier molecular flexibility index (Phi) is 4.31. The van der Waals surface area contributed by atoms with Crippen molar-refractivity contribution in [2.75, 3.05) is 6.79 Å². The van der Waals surface area contributed by atoms with E-state index in [4.69, 9.17) is 15.0 Å². The molecule has 0 saturated carbocycles. The van der Waals surface area contributed by atoms with Crippen molar-refractivity contribution in [3.63, 3.8) is 0 Å². The lowest BCUT2D eigenvalue weighted by Crippen LogP contribution is -2.08. The molecule has 0 aromatic rings. The molecule has 0 unspecified atom stereocenters. The van der Waals surface area contributed by atoms with Gasteiger partial charge < -0.3 is 14.5 Å². The van der Waals surface area contributed by atoms with E-state index >= 15 is 0 Å². The van der Waals surface area contributed by atoms with Crippen LogP contribution in [0.2, 0.25) is 0 Å². The van der Waals surface area contributed by atoms with Crippen molar-refractivity contribution in [2.45, 2.75) is 0 Å². The predicted octanol–water partition coefficient (Wildman–Crippen LogP) is -0.324. The molecule has 0 radical (unpaired) electrons. The van der Waals surface area contributed by atoms with Gasteiger partial charge in [0.25, 0.3) is 0 Å². The highest BCUT2D eigenvalue weighted by Gasteiger charge is 2.15. The standard InChI is InChI=1S/C5H6NO6P/c1-4(2-6)5(7)11-3-12-13(8,9)10/h1,3H2,(H2,8,9,10). The van der Waals surface area contributed by atoms with Gasteiger partial charge in [0.1, 0.15) is 11.6 Å². The zero-order chi connectivity index (χ0) is 10.5. The fourth-order valence-corrected chi connectivity index (χ4v) is 0.471. The van der Waals surface area contributed by atoms with E-state index < -0.39 is 26.2 Å². The molecule has 7 nitrogen and oxygen atoms in total. The molecule has 0 heterocycles. The molecular weight excluding hydrogens is 201 g/mol. The van der Waals surface area contributed by atoms with Crippen LogP contribution in [0.5, 0.6) is 0 Å². The second kappa shape index (κ2) is 4.74. The van der Waals surface area contributed by atoms with Crippen LogP contribution in [-0.2, 0) is 18.6 Å². The molecule has 0 spiro atoms. The fraction of sp³-hybridized carbons (Fsp3) is 0.200. The van der Waals surface area contributed by atoms with Crippen molar-refractivity contribution < 1.29 is 28.4 Å². The largest absolute Gasteiger partial charge is 0.472 e. The molecule has 0 atom stereocenters. The van der Waals surface area contributed by atoms with Gasteiger partial charge in [-0.2, -0.15) is 5.26 Å². The molecule has 72 valence electrons. The van der Waals surface area contributed by atoms with Crippen molar-refractivity contribution in [3.05, 3.63) is 12.2 Å². The summed E-state index contributed by atoms with van der Waals surface area (Å²) in [6, 6.07) is 1.39. The van der Waals surface area contributed by atoms with Crippen LogP contribution in [-0.4, -0.2) is 22.5 Å². The first-order chi connectivity index (χ1) is 5.87. The Morgan fingerprint density at radius 1 is 1.62 bits per heavy atom. The predicted molar refractivity (Wildman–Crippen MR) is 38.8 cm³/mol. The second-order valence-electron chi connectivity index (χ2n) is 1.76. The third kappa shape index (κ3) is 6.02. The molecule has 0 aliphatic carbocycles. The first-order valence-electron chi connectivity index (χ1n) is 2.83. The lowest BCUT2D eigenvalue weighted by Gasteiger charge is -2.04. The summed E-state index contributed by atoms with van der Waals surface area (Å²) in [7, 11) is -4.65. The summed E-state index contributed by atoms with van der Waals surface area (Å²) < 4.78 is 17.9. The van der Waals surface area contributed by atoms with Gasteiger partial charge in [-0.3, -0.25) is 0 Å². The van der Waals surface area contributed by atoms with E-state index in [1.807, 2.05) is 0 Å². The average molecular weight is 207 g/mol. The average Bonchev–Trinajstić information content (AvgIpc) is 2.00. The molecule has 0 rings (SSSR count). The van der Waals surface area contributed by atoms with E-state index in [1.165, 1.54) is 6.07 Å². The summed E-state index contributed by atoms with van der Waals surface area (Å²) in [5, 5.41) is 8.12. The van der Waals surface area contributed by atoms with Crippen LogP contribution < -0.4 is 0 Å². The molecule has 0 bridgehead atoms. The van der Waals surface area contributed by atoms with Crippen LogP contribution in [0.4, 0.5) is 0 Å². The number of phosphoric ester groups is 1. The smallest absolute Gasteiger partial charge is 0.434 e. The summed E-state index contributed by atoms with van der Waals surface area (Å²) in [6.07, 6.45) is 0. The number of hydrogen-bond acceptors (Lipinski definition) is 5. The van der Waals surface area contributed by atoms with Gasteiger partial charge in [-0.15, -0.1) is 0 Å². The quantitative estimate of drug-likeness (QED) is 0.213. The van der Waals surface area contributed by atoms with Gasteiger partial charge in [-0.25, -0.2) is 13.9 Å². The van der Waals surface area contributed by atoms with Crippen LogP contribution in [0.1, 0.15) is 0 Å². The summed E-state index contributed by atoms with van der Waals surface area (Å²) in [5.41, 5.74) is -0.477. The van der Waals surface area contributed by atoms with Gasteiger partial charge in [0.15, 0.2) is 0 Å². The van der Waals surface area contributed by atoms with Crippen molar-refractivity contribution in [3.8, 4) is 6.07 Å². The summed E-state index contributed by atoms with van der Waals surface area (Å²) in [6.45, 7) is 2.08. The van der Waals surface area contributed by atoms with Crippen molar-refractivity contribution in [1.29, 1.82) is 5.26 Å². The second-order valence-corrected chi connectivity index (χ2v) is 3.00. The Labute approximate surface area is 73.4 Å². The molecule has 0 saturated heterocycles. The Bertz CT molecular complexity index is 299. The zero-order valence-corrected chi connectivity index (χ0v) is 7.23. The molecule has 0 amide bonds. The van der Waals surface area contributed by atoms with Crippen LogP contribution in [0.15, 0.2) is 12.2 Å². The topological polar surface area (TPSA) is 117 Å². The molecule has 0 aromatic carbocycles. The minimum absolute atomic E-state index is 0.477. The Hall–Kier alpha value is -1.19. The van der Waals surface area contributed by atoms with E-state index in [2.05, 4.69) is 15.8 Å². The number of ether oxygens (including phenoxy) is 1. The van der Waals surface area contributed by atoms with Gasteiger partial charge in [0, 0.05) is 0 Å². The maximum Gasteiger partial charge on any atom is 0.472 e. The normalized spacial score (nSPS) is 10.2. The molecular formula is C5H6NO6P. The Morgan fingerprint density at radius 3 is 2.54 bits per heavy atom. The summed E-state index contributed by atoms with van der Waals surface area (Å²) in [5.74, 6) is -1.09. The highest BCUT2D eigenvalue weighted by molar-refractivity contribution is 7.46. The number of nitrogens with zero attached hydrogens (tertiary/aromatic N) is 1. The van der Waals surface area contributed by atoms with Crippen LogP contribution in [0.3, 0.4) is 0 Å². The number of esters is 1. The zero-order valence-electron chi connectivity index (χ0n) is 6.34. The Balaban J connectivity index is 3.81. The molecule has 0 aromatic heterocycles. The number of nitriles is 1. The maximum absolute atomic E-state index is 10.6. The summed E-state index contributed by atoms with van der Waals surface area (Å²) in [4.78, 5) is 26.9. The third-order valence-corrected chi connectivity index (χ3v) is 1.23. The Morgan fingerprint density at radius 2 is 2.15 bits per heavy atom. The van der Waals surface area contributed by atoms with Crippen molar-refractivity contribution in [2.24, 2.45) is 0 Å². The molecule has 2 N–H and O–H groups in total. The number of carbonyl (C=O) groups excluding carboxylic acids is 1. The maximum atomic E-state index is 10.6. The number of carbonyl (C=O) groups is 1. The van der Waals surface area contributed by atoms with E-state index in [0.717, 1.165) is 0 Å². The highest BCUT2D eigenvalue weighted by atomic mass is 31.2. The van der Waals surface area contributed by atoms with Crippen molar-refractivity contribution in [1.82, 2.24) is 0 Å². The number of hydrogen-bond donors (Lipinski definition) is 2. The first kappa shape index (κ1) is 11.8. The SMILES string of the molecule is C=C(C#N)C(=O)OCOP(=O)(O)O. The fourth-order valence-electron chi connectivity index (χ4n) is 0.281. The van der Waals surface area contributed by atoms with Gasteiger partial charge >= 0.3 is 13.8 Å². The van der Waals surface area contributed by atoms with Gasteiger partial charge in [-0.05, 0) is 0 Å². The van der Waals surface area contributed by atoms with E-state index in [9.17, 15) is 9.36 Å². The van der Waals surface area contributed by atoms with Crippen molar-refractivity contribution >= 4 is 13.8 Å². The van der Waals surface area contributed by atoms with E-state index in [0.29, 0.717) is 0 Å². The lowest BCUT2D eigenvalue weighted by atomic mass is 10.3. The molecule has 0 aliphatic rings. The minimum Gasteiger partial charge on any atom is -0.434 e. The monoisotopic (exact) mass is 207 g/mol. The third-order valence-electron chi connectivity index (χ3n) is 0.792. The first-order valence-corrected chi connectivity index (χ1v) is 4.36. The highest BCUT2D eigenvalue weighted by Crippen LogP contribution is 2.35. The summed E-state index contributed by atoms with van der Waals surface area (Å²) >= 11 is 0. The lowest BCUT2D eigenvalue weighted by molar-refractivity contribution is -0.145. The van der Waals surface area contributed by atoms with Gasteiger partial charge in [0.2, 0.25) is 6.79 Å². The molecule has 0 aliphatic heterocycles. The minimum atomic E-state index is -4.65. The van der Waals surface area contributed by atoms with Gasteiger partial charge in [-0.1, -0.05) is 6.58 Å². The molecule has 13 heavy (non-hydrogen) atoms. The van der Waals surface area contributed by atoms with Crippen LogP contribution in [0, 0.1) is 11.3 Å². The van der Waals surface area contributed by atoms with E-state index in [1.54, 1.807) is 0 Å². The number of rotatable bonds is 4. The number of phosphoric acid groups is 1. The van der Waals surface area contributed by atoms with Crippen LogP contribution in [0.25, 0.3) is 0 Å².